The van der Waals surface area contributed by atoms with Crippen LogP contribution in [0.2, 0.25) is 0 Å². The fourth-order valence-electron chi connectivity index (χ4n) is 3.41. The van der Waals surface area contributed by atoms with Crippen LogP contribution in [0.1, 0.15) is 21.4 Å². The number of nitrogens with zero attached hydrogens (tertiary/aromatic N) is 3. The number of halogens is 2. The van der Waals surface area contributed by atoms with Crippen molar-refractivity contribution in [2.75, 3.05) is 25.2 Å². The second kappa shape index (κ2) is 9.74. The number of amides is 1. The van der Waals surface area contributed by atoms with Crippen molar-refractivity contribution >= 4 is 35.4 Å². The topological polar surface area (TPSA) is 64.4 Å². The molecule has 1 amide bonds. The van der Waals surface area contributed by atoms with Crippen LogP contribution in [0.5, 0.6) is 0 Å². The van der Waals surface area contributed by atoms with Crippen LogP contribution in [0.15, 0.2) is 59.9 Å². The van der Waals surface area contributed by atoms with Crippen molar-refractivity contribution in [3.63, 3.8) is 0 Å². The summed E-state index contributed by atoms with van der Waals surface area (Å²) in [5.74, 6) is -1.26. The summed E-state index contributed by atoms with van der Waals surface area (Å²) in [5, 5.41) is 0.0562. The van der Waals surface area contributed by atoms with Crippen LogP contribution in [0.4, 0.5) is 8.78 Å². The number of thioether (sulfide) groups is 2. The molecule has 0 N–H and O–H groups in total. The first-order valence-corrected chi connectivity index (χ1v) is 12.0. The van der Waals surface area contributed by atoms with Crippen LogP contribution in [0.25, 0.3) is 5.69 Å². The molecule has 3 aromatic rings. The molecule has 2 heterocycles. The molecule has 1 aliphatic heterocycles. The summed E-state index contributed by atoms with van der Waals surface area (Å²) >= 11 is 2.77. The molecule has 2 aromatic carbocycles. The monoisotopic (exact) mass is 475 g/mol. The third-order valence-electron chi connectivity index (χ3n) is 4.92. The van der Waals surface area contributed by atoms with Crippen LogP contribution in [0.3, 0.4) is 0 Å². The lowest BCUT2D eigenvalue weighted by Gasteiger charge is -2.24. The number of benzene rings is 2. The highest BCUT2D eigenvalue weighted by Gasteiger charge is 2.33. The molecule has 1 atom stereocenters. The number of carbonyl (C=O) groups excluding carboxylic acids is 2. The molecule has 32 heavy (non-hydrogen) atoms. The number of ether oxygens (including phenoxy) is 1. The SMILES string of the molecule is CSc1ncc(C(=O)OCC(=O)N2CCSC2c2ccccc2F)n1-c1ccc(F)cc1. The quantitative estimate of drug-likeness (QED) is 0.391. The van der Waals surface area contributed by atoms with Gasteiger partial charge in [0.2, 0.25) is 0 Å². The predicted molar refractivity (Wildman–Crippen MR) is 119 cm³/mol. The molecule has 1 fully saturated rings. The maximum absolute atomic E-state index is 14.2. The fourth-order valence-corrected chi connectivity index (χ4v) is 5.25. The maximum atomic E-state index is 14.2. The molecule has 0 bridgehead atoms. The van der Waals surface area contributed by atoms with Gasteiger partial charge in [-0.25, -0.2) is 18.6 Å². The van der Waals surface area contributed by atoms with Gasteiger partial charge in [0.25, 0.3) is 5.91 Å². The summed E-state index contributed by atoms with van der Waals surface area (Å²) in [6.07, 6.45) is 3.16. The highest BCUT2D eigenvalue weighted by molar-refractivity contribution is 7.99. The lowest BCUT2D eigenvalue weighted by Crippen LogP contribution is -2.34. The van der Waals surface area contributed by atoms with Crippen molar-refractivity contribution in [1.29, 1.82) is 0 Å². The van der Waals surface area contributed by atoms with Gasteiger partial charge in [-0.15, -0.1) is 11.8 Å². The molecule has 10 heteroatoms. The van der Waals surface area contributed by atoms with E-state index >= 15 is 0 Å². The zero-order valence-electron chi connectivity index (χ0n) is 17.0. The van der Waals surface area contributed by atoms with E-state index < -0.39 is 29.7 Å². The minimum absolute atomic E-state index is 0.121. The van der Waals surface area contributed by atoms with Gasteiger partial charge in [0.05, 0.1) is 6.20 Å². The Morgan fingerprint density at radius 2 is 1.94 bits per heavy atom. The third kappa shape index (κ3) is 4.51. The molecule has 1 aliphatic rings. The van der Waals surface area contributed by atoms with Crippen LogP contribution in [-0.2, 0) is 9.53 Å². The summed E-state index contributed by atoms with van der Waals surface area (Å²) in [6, 6.07) is 11.9. The lowest BCUT2D eigenvalue weighted by molar-refractivity contribution is -0.134. The number of hydrogen-bond donors (Lipinski definition) is 0. The Morgan fingerprint density at radius 3 is 2.66 bits per heavy atom. The van der Waals surface area contributed by atoms with E-state index in [2.05, 4.69) is 4.98 Å². The summed E-state index contributed by atoms with van der Waals surface area (Å²) in [6.45, 7) is -0.0439. The molecule has 0 spiro atoms. The minimum atomic E-state index is -0.732. The highest BCUT2D eigenvalue weighted by Crippen LogP contribution is 2.38. The molecule has 1 unspecified atom stereocenters. The largest absolute Gasteiger partial charge is 0.451 e. The van der Waals surface area contributed by atoms with Gasteiger partial charge >= 0.3 is 5.97 Å². The van der Waals surface area contributed by atoms with Crippen molar-refractivity contribution in [2.24, 2.45) is 0 Å². The lowest BCUT2D eigenvalue weighted by atomic mass is 10.2. The average Bonchev–Trinajstić information content (AvgIpc) is 3.45. The van der Waals surface area contributed by atoms with E-state index in [0.29, 0.717) is 28.7 Å². The van der Waals surface area contributed by atoms with E-state index in [4.69, 9.17) is 4.74 Å². The first kappa shape index (κ1) is 22.3. The number of carbonyl (C=O) groups is 2. The number of imidazole rings is 1. The first-order valence-electron chi connectivity index (χ1n) is 9.70. The minimum Gasteiger partial charge on any atom is -0.451 e. The highest BCUT2D eigenvalue weighted by atomic mass is 32.2. The van der Waals surface area contributed by atoms with E-state index in [1.807, 2.05) is 0 Å². The maximum Gasteiger partial charge on any atom is 0.357 e. The normalized spacial score (nSPS) is 15.7. The molecule has 166 valence electrons. The van der Waals surface area contributed by atoms with E-state index in [1.165, 1.54) is 65.0 Å². The van der Waals surface area contributed by atoms with E-state index in [-0.39, 0.29) is 11.5 Å². The summed E-state index contributed by atoms with van der Waals surface area (Å²) in [4.78, 5) is 31.3. The zero-order valence-corrected chi connectivity index (χ0v) is 18.7. The predicted octanol–water partition coefficient (Wildman–Crippen LogP) is 4.30. The van der Waals surface area contributed by atoms with Gasteiger partial charge in [-0.2, -0.15) is 0 Å². The van der Waals surface area contributed by atoms with Crippen LogP contribution < -0.4 is 0 Å². The molecule has 1 saturated heterocycles. The van der Waals surface area contributed by atoms with E-state index in [9.17, 15) is 18.4 Å². The van der Waals surface area contributed by atoms with Gasteiger partial charge in [0, 0.05) is 23.5 Å². The Labute approximate surface area is 192 Å². The fraction of sp³-hybridized carbons (Fsp3) is 0.227. The Morgan fingerprint density at radius 1 is 1.19 bits per heavy atom. The Kier molecular flexibility index (Phi) is 6.80. The van der Waals surface area contributed by atoms with Gasteiger partial charge in [-0.1, -0.05) is 30.0 Å². The van der Waals surface area contributed by atoms with Gasteiger partial charge in [-0.05, 0) is 36.6 Å². The Balaban J connectivity index is 1.48. The molecule has 0 aliphatic carbocycles. The molecule has 0 saturated carbocycles. The number of rotatable bonds is 6. The van der Waals surface area contributed by atoms with Gasteiger partial charge in [-0.3, -0.25) is 9.36 Å². The van der Waals surface area contributed by atoms with Crippen LogP contribution in [0, 0.1) is 11.6 Å². The van der Waals surface area contributed by atoms with Crippen LogP contribution >= 0.6 is 23.5 Å². The van der Waals surface area contributed by atoms with Gasteiger partial charge < -0.3 is 9.64 Å². The second-order valence-electron chi connectivity index (χ2n) is 6.85. The van der Waals surface area contributed by atoms with Crippen molar-refractivity contribution in [1.82, 2.24) is 14.5 Å². The zero-order chi connectivity index (χ0) is 22.7. The van der Waals surface area contributed by atoms with Crippen LogP contribution in [-0.4, -0.2) is 51.5 Å². The Hall–Kier alpha value is -2.85. The molecular weight excluding hydrogens is 456 g/mol. The van der Waals surface area contributed by atoms with E-state index in [1.54, 1.807) is 29.0 Å². The summed E-state index contributed by atoms with van der Waals surface area (Å²) < 4.78 is 34.4. The number of esters is 1. The van der Waals surface area contributed by atoms with Crippen molar-refractivity contribution in [2.45, 2.75) is 10.5 Å². The van der Waals surface area contributed by atoms with E-state index in [0.717, 1.165) is 0 Å². The number of hydrogen-bond acceptors (Lipinski definition) is 6. The van der Waals surface area contributed by atoms with Crippen molar-refractivity contribution in [3.8, 4) is 5.69 Å². The molecule has 1 aromatic heterocycles. The summed E-state index contributed by atoms with van der Waals surface area (Å²) in [7, 11) is 0. The smallest absolute Gasteiger partial charge is 0.357 e. The molecular formula is C22H19F2N3O3S2. The second-order valence-corrected chi connectivity index (χ2v) is 8.81. The average molecular weight is 476 g/mol. The Bertz CT molecular complexity index is 1140. The molecule has 0 radical (unpaired) electrons. The van der Waals surface area contributed by atoms with Crippen molar-refractivity contribution in [3.05, 3.63) is 77.6 Å². The standard InChI is InChI=1S/C22H19F2N3O3S2/c1-31-22-25-12-18(27(22)15-8-6-14(23)7-9-15)21(29)30-13-19(28)26-10-11-32-20(26)16-4-2-3-5-17(16)24/h2-9,12,20H,10-11,13H2,1H3. The first-order chi connectivity index (χ1) is 15.5. The number of aromatic nitrogens is 2. The third-order valence-corrected chi connectivity index (χ3v) is 6.81. The summed E-state index contributed by atoms with van der Waals surface area (Å²) in [5.41, 5.74) is 1.09. The van der Waals surface area contributed by atoms with Gasteiger partial charge in [0.1, 0.15) is 17.0 Å². The molecule has 4 rings (SSSR count). The van der Waals surface area contributed by atoms with Crippen molar-refractivity contribution < 1.29 is 23.1 Å². The molecule has 6 nitrogen and oxygen atoms in total. The van der Waals surface area contributed by atoms with Gasteiger partial charge in [0.15, 0.2) is 17.5 Å².